The van der Waals surface area contributed by atoms with Crippen molar-refractivity contribution in [1.29, 1.82) is 0 Å². The number of nitrogens with one attached hydrogen (secondary N) is 2. The number of nitrogens with zero attached hydrogens (tertiary/aromatic N) is 1. The summed E-state index contributed by atoms with van der Waals surface area (Å²) in [5, 5.41) is 5.86. The molecule has 0 unspecified atom stereocenters. The summed E-state index contributed by atoms with van der Waals surface area (Å²) in [5.41, 5.74) is 1.54. The van der Waals surface area contributed by atoms with Crippen LogP contribution in [-0.2, 0) is 4.79 Å². The van der Waals surface area contributed by atoms with Crippen LogP contribution in [0.1, 0.15) is 18.9 Å². The van der Waals surface area contributed by atoms with Crippen LogP contribution in [0.15, 0.2) is 18.2 Å². The van der Waals surface area contributed by atoms with Gasteiger partial charge in [0, 0.05) is 13.6 Å². The molecule has 110 valence electrons. The third kappa shape index (κ3) is 5.09. The lowest BCUT2D eigenvalue weighted by atomic mass is 10.2. The number of carbonyl (C=O) groups excluding carboxylic acids is 2. The average Bonchev–Trinajstić information content (AvgIpc) is 2.39. The number of hydrogen-bond donors (Lipinski definition) is 2. The van der Waals surface area contributed by atoms with Crippen LogP contribution >= 0.6 is 11.6 Å². The lowest BCUT2D eigenvalue weighted by Crippen LogP contribution is -2.40. The van der Waals surface area contributed by atoms with Crippen LogP contribution in [0.3, 0.4) is 0 Å². The maximum atomic E-state index is 11.9. The van der Waals surface area contributed by atoms with E-state index in [1.165, 1.54) is 4.90 Å². The van der Waals surface area contributed by atoms with Crippen LogP contribution in [0.5, 0.6) is 0 Å². The molecule has 0 saturated carbocycles. The lowest BCUT2D eigenvalue weighted by Gasteiger charge is -2.18. The predicted octanol–water partition coefficient (Wildman–Crippen LogP) is 2.64. The minimum absolute atomic E-state index is 0.00924. The van der Waals surface area contributed by atoms with Crippen LogP contribution in [-0.4, -0.2) is 37.0 Å². The van der Waals surface area contributed by atoms with Crippen molar-refractivity contribution in [2.75, 3.05) is 25.5 Å². The van der Waals surface area contributed by atoms with Gasteiger partial charge in [-0.15, -0.1) is 0 Å². The fourth-order valence-electron chi connectivity index (χ4n) is 1.54. The summed E-state index contributed by atoms with van der Waals surface area (Å²) >= 11 is 6.04. The number of benzene rings is 1. The topological polar surface area (TPSA) is 61.4 Å². The Bertz CT molecular complexity index is 491. The van der Waals surface area contributed by atoms with Crippen LogP contribution in [0.25, 0.3) is 0 Å². The van der Waals surface area contributed by atoms with E-state index >= 15 is 0 Å². The first kappa shape index (κ1) is 16.3. The van der Waals surface area contributed by atoms with E-state index in [4.69, 9.17) is 11.6 Å². The van der Waals surface area contributed by atoms with E-state index in [1.807, 2.05) is 19.9 Å². The third-order valence-corrected chi connectivity index (χ3v) is 2.98. The summed E-state index contributed by atoms with van der Waals surface area (Å²) in [7, 11) is 1.56. The highest BCUT2D eigenvalue weighted by Gasteiger charge is 2.13. The zero-order valence-corrected chi connectivity index (χ0v) is 12.8. The van der Waals surface area contributed by atoms with Crippen LogP contribution in [0.2, 0.25) is 5.02 Å². The number of amides is 3. The second-order valence-corrected chi connectivity index (χ2v) is 5.03. The number of likely N-dealkylation sites (N-methyl/N-ethyl adjacent to an activating group) is 1. The predicted molar refractivity (Wildman–Crippen MR) is 81.1 cm³/mol. The van der Waals surface area contributed by atoms with E-state index in [2.05, 4.69) is 10.6 Å². The average molecular weight is 298 g/mol. The maximum Gasteiger partial charge on any atom is 0.322 e. The molecule has 1 aromatic carbocycles. The monoisotopic (exact) mass is 297 g/mol. The molecule has 2 N–H and O–H groups in total. The van der Waals surface area contributed by atoms with Gasteiger partial charge in [0.05, 0.1) is 10.7 Å². The van der Waals surface area contributed by atoms with E-state index in [0.717, 1.165) is 12.0 Å². The number of rotatable bonds is 5. The number of hydrogen-bond acceptors (Lipinski definition) is 2. The normalized spacial score (nSPS) is 10.0. The van der Waals surface area contributed by atoms with Crippen molar-refractivity contribution in [2.24, 2.45) is 0 Å². The standard InChI is InChI=1S/C14H20ClN3O2/c1-4-7-16-13(19)9-18(3)14(20)17-12-6-5-10(2)8-11(12)15/h5-6,8H,4,7,9H2,1-3H3,(H,16,19)(H,17,20). The Morgan fingerprint density at radius 1 is 1.35 bits per heavy atom. The summed E-state index contributed by atoms with van der Waals surface area (Å²) in [6, 6.07) is 4.99. The molecule has 0 aromatic heterocycles. The fraction of sp³-hybridized carbons (Fsp3) is 0.429. The second kappa shape index (κ2) is 7.75. The Morgan fingerprint density at radius 3 is 2.65 bits per heavy atom. The van der Waals surface area contributed by atoms with Crippen molar-refractivity contribution in [3.8, 4) is 0 Å². The van der Waals surface area contributed by atoms with E-state index in [0.29, 0.717) is 17.3 Å². The molecule has 0 aliphatic heterocycles. The molecule has 0 aliphatic carbocycles. The van der Waals surface area contributed by atoms with Crippen LogP contribution in [0, 0.1) is 6.92 Å². The SMILES string of the molecule is CCCNC(=O)CN(C)C(=O)Nc1ccc(C)cc1Cl. The minimum atomic E-state index is -0.373. The Kier molecular flexibility index (Phi) is 6.31. The van der Waals surface area contributed by atoms with Crippen molar-refractivity contribution in [3.63, 3.8) is 0 Å². The Hall–Kier alpha value is -1.75. The highest BCUT2D eigenvalue weighted by atomic mass is 35.5. The van der Waals surface area contributed by atoms with E-state index < -0.39 is 0 Å². The smallest absolute Gasteiger partial charge is 0.322 e. The quantitative estimate of drug-likeness (QED) is 0.877. The second-order valence-electron chi connectivity index (χ2n) is 4.62. The van der Waals surface area contributed by atoms with Gasteiger partial charge in [0.2, 0.25) is 5.91 Å². The summed E-state index contributed by atoms with van der Waals surface area (Å²) in [4.78, 5) is 24.8. The summed E-state index contributed by atoms with van der Waals surface area (Å²) in [6.45, 7) is 4.51. The van der Waals surface area contributed by atoms with Gasteiger partial charge in [0.15, 0.2) is 0 Å². The number of aryl methyl sites for hydroxylation is 1. The molecule has 0 fully saturated rings. The first-order chi connectivity index (χ1) is 9.43. The minimum Gasteiger partial charge on any atom is -0.355 e. The molecule has 0 radical (unpaired) electrons. The highest BCUT2D eigenvalue weighted by Crippen LogP contribution is 2.22. The molecule has 0 saturated heterocycles. The van der Waals surface area contributed by atoms with Gasteiger partial charge >= 0.3 is 6.03 Å². The van der Waals surface area contributed by atoms with Crippen LogP contribution < -0.4 is 10.6 Å². The van der Waals surface area contributed by atoms with Gasteiger partial charge in [-0.2, -0.15) is 0 Å². The maximum absolute atomic E-state index is 11.9. The van der Waals surface area contributed by atoms with Gasteiger partial charge < -0.3 is 15.5 Å². The molecule has 6 heteroatoms. The first-order valence-corrected chi connectivity index (χ1v) is 6.86. The van der Waals surface area contributed by atoms with Gasteiger partial charge in [-0.05, 0) is 31.0 Å². The molecule has 5 nitrogen and oxygen atoms in total. The largest absolute Gasteiger partial charge is 0.355 e. The number of halogens is 1. The molecule has 3 amide bonds. The lowest BCUT2D eigenvalue weighted by molar-refractivity contribution is -0.121. The molecule has 20 heavy (non-hydrogen) atoms. The molecular weight excluding hydrogens is 278 g/mol. The van der Waals surface area contributed by atoms with Crippen molar-refractivity contribution in [3.05, 3.63) is 28.8 Å². The van der Waals surface area contributed by atoms with Crippen molar-refractivity contribution >= 4 is 29.2 Å². The molecule has 0 atom stereocenters. The number of anilines is 1. The van der Waals surface area contributed by atoms with Crippen molar-refractivity contribution in [2.45, 2.75) is 20.3 Å². The summed E-state index contributed by atoms with van der Waals surface area (Å²) in [5.74, 6) is -0.181. The van der Waals surface area contributed by atoms with Gasteiger partial charge in [0.1, 0.15) is 6.54 Å². The van der Waals surface area contributed by atoms with Gasteiger partial charge in [-0.1, -0.05) is 24.6 Å². The van der Waals surface area contributed by atoms with E-state index in [9.17, 15) is 9.59 Å². The number of carbonyl (C=O) groups is 2. The van der Waals surface area contributed by atoms with Gasteiger partial charge in [-0.3, -0.25) is 4.79 Å². The molecule has 1 rings (SSSR count). The molecule has 0 spiro atoms. The zero-order chi connectivity index (χ0) is 15.1. The van der Waals surface area contributed by atoms with Gasteiger partial charge in [-0.25, -0.2) is 4.79 Å². The van der Waals surface area contributed by atoms with E-state index in [1.54, 1.807) is 19.2 Å². The highest BCUT2D eigenvalue weighted by molar-refractivity contribution is 6.33. The molecule has 0 aliphatic rings. The summed E-state index contributed by atoms with van der Waals surface area (Å²) in [6.07, 6.45) is 0.862. The summed E-state index contributed by atoms with van der Waals surface area (Å²) < 4.78 is 0. The number of urea groups is 1. The van der Waals surface area contributed by atoms with Gasteiger partial charge in [0.25, 0.3) is 0 Å². The van der Waals surface area contributed by atoms with Crippen molar-refractivity contribution in [1.82, 2.24) is 10.2 Å². The molecule has 0 heterocycles. The Balaban J connectivity index is 2.55. The molecule has 0 bridgehead atoms. The fourth-order valence-corrected chi connectivity index (χ4v) is 1.82. The Labute approximate surface area is 124 Å². The molecule has 1 aromatic rings. The zero-order valence-electron chi connectivity index (χ0n) is 12.0. The van der Waals surface area contributed by atoms with Crippen molar-refractivity contribution < 1.29 is 9.59 Å². The van der Waals surface area contributed by atoms with Crippen LogP contribution in [0.4, 0.5) is 10.5 Å². The Morgan fingerprint density at radius 2 is 2.05 bits per heavy atom. The molecular formula is C14H20ClN3O2. The third-order valence-electron chi connectivity index (χ3n) is 2.67. The van der Waals surface area contributed by atoms with E-state index in [-0.39, 0.29) is 18.5 Å². The first-order valence-electron chi connectivity index (χ1n) is 6.49.